The lowest BCUT2D eigenvalue weighted by molar-refractivity contribution is 0.0715. The van der Waals surface area contributed by atoms with Gasteiger partial charge in [-0.3, -0.25) is 9.89 Å². The number of aromatic amines is 1. The van der Waals surface area contributed by atoms with E-state index in [1.807, 2.05) is 0 Å². The van der Waals surface area contributed by atoms with Crippen molar-refractivity contribution in [3.8, 4) is 0 Å². The zero-order valence-corrected chi connectivity index (χ0v) is 11.6. The van der Waals surface area contributed by atoms with E-state index in [1.54, 1.807) is 24.0 Å². The molecule has 1 fully saturated rings. The molecule has 1 aromatic carbocycles. The second kappa shape index (κ2) is 5.29. The number of carbonyl (C=O) groups is 1. The summed E-state index contributed by atoms with van der Waals surface area (Å²) in [5.74, 6) is -0.548. The van der Waals surface area contributed by atoms with Gasteiger partial charge < -0.3 is 10.0 Å². The molecule has 1 aromatic heterocycles. The van der Waals surface area contributed by atoms with Gasteiger partial charge in [-0.1, -0.05) is 12.1 Å². The molecule has 0 unspecified atom stereocenters. The van der Waals surface area contributed by atoms with Crippen LogP contribution >= 0.6 is 0 Å². The van der Waals surface area contributed by atoms with Gasteiger partial charge >= 0.3 is 0 Å². The van der Waals surface area contributed by atoms with Gasteiger partial charge in [0.1, 0.15) is 5.82 Å². The molecule has 1 saturated heterocycles. The molecule has 1 amide bonds. The Labute approximate surface area is 121 Å². The van der Waals surface area contributed by atoms with Gasteiger partial charge in [0.05, 0.1) is 23.9 Å². The molecule has 0 bridgehead atoms. The molecule has 2 aromatic rings. The first-order valence-corrected chi connectivity index (χ1v) is 6.80. The zero-order chi connectivity index (χ0) is 15.0. The lowest BCUT2D eigenvalue weighted by Crippen LogP contribution is -2.32. The highest BCUT2D eigenvalue weighted by Gasteiger charge is 2.36. The van der Waals surface area contributed by atoms with E-state index in [9.17, 15) is 14.3 Å². The van der Waals surface area contributed by atoms with E-state index in [1.165, 1.54) is 18.3 Å². The number of H-pyrrole nitrogens is 1. The number of aliphatic hydroxyl groups excluding tert-OH is 1. The van der Waals surface area contributed by atoms with Crippen LogP contribution in [0.2, 0.25) is 0 Å². The number of amides is 1. The van der Waals surface area contributed by atoms with Gasteiger partial charge in [-0.2, -0.15) is 5.10 Å². The number of halogens is 1. The number of aliphatic hydroxyl groups is 1. The maximum atomic E-state index is 13.4. The average molecular weight is 289 g/mol. The van der Waals surface area contributed by atoms with Crippen LogP contribution in [0.1, 0.15) is 34.1 Å². The summed E-state index contributed by atoms with van der Waals surface area (Å²) < 4.78 is 13.4. The fourth-order valence-corrected chi connectivity index (χ4v) is 2.79. The maximum absolute atomic E-state index is 13.4. The molecule has 0 aliphatic carbocycles. The number of carbonyl (C=O) groups excluding carboxylic acids is 1. The van der Waals surface area contributed by atoms with E-state index in [-0.39, 0.29) is 24.3 Å². The summed E-state index contributed by atoms with van der Waals surface area (Å²) in [6, 6.07) is 5.83. The summed E-state index contributed by atoms with van der Waals surface area (Å²) in [4.78, 5) is 14.2. The monoisotopic (exact) mass is 289 g/mol. The molecule has 6 heteroatoms. The summed E-state index contributed by atoms with van der Waals surface area (Å²) in [5, 5.41) is 16.5. The molecular formula is C15H16FN3O2. The second-order valence-electron chi connectivity index (χ2n) is 5.33. The molecule has 110 valence electrons. The van der Waals surface area contributed by atoms with E-state index in [0.29, 0.717) is 23.2 Å². The number of aromatic nitrogens is 2. The van der Waals surface area contributed by atoms with Gasteiger partial charge in [-0.25, -0.2) is 4.39 Å². The fourth-order valence-electron chi connectivity index (χ4n) is 2.79. The fraction of sp³-hybridized carbons (Fsp3) is 0.333. The summed E-state index contributed by atoms with van der Waals surface area (Å²) in [5.41, 5.74) is 1.85. The first-order valence-electron chi connectivity index (χ1n) is 6.80. The quantitative estimate of drug-likeness (QED) is 0.886. The number of nitrogens with one attached hydrogen (secondary N) is 1. The molecule has 2 N–H and O–H groups in total. The Balaban J connectivity index is 1.93. The summed E-state index contributed by atoms with van der Waals surface area (Å²) >= 11 is 0. The van der Waals surface area contributed by atoms with Crippen molar-refractivity contribution >= 4 is 5.91 Å². The van der Waals surface area contributed by atoms with Crippen LogP contribution in [0.25, 0.3) is 0 Å². The summed E-state index contributed by atoms with van der Waals surface area (Å²) in [6.07, 6.45) is 1.28. The van der Waals surface area contributed by atoms with Crippen molar-refractivity contribution < 1.29 is 14.3 Å². The number of likely N-dealkylation sites (tertiary alicyclic amines) is 1. The molecule has 2 atom stereocenters. The number of β-amino-alcohol motifs (C(OH)–C–C–N with tert-alkyl or cyclic N) is 1. The summed E-state index contributed by atoms with van der Waals surface area (Å²) in [6.45, 7) is 2.01. The Morgan fingerprint density at radius 3 is 3.00 bits per heavy atom. The zero-order valence-electron chi connectivity index (χ0n) is 11.6. The smallest absolute Gasteiger partial charge is 0.257 e. The van der Waals surface area contributed by atoms with Gasteiger partial charge in [0.2, 0.25) is 0 Å². The largest absolute Gasteiger partial charge is 0.391 e. The van der Waals surface area contributed by atoms with Crippen LogP contribution in [0.15, 0.2) is 30.5 Å². The van der Waals surface area contributed by atoms with E-state index in [4.69, 9.17) is 0 Å². The van der Waals surface area contributed by atoms with Crippen LogP contribution in [0.5, 0.6) is 0 Å². The SMILES string of the molecule is Cc1[nH]ncc1C(=O)N1C[C@@H](O)C[C@H]1c1cccc(F)c1. The first-order chi connectivity index (χ1) is 10.1. The standard InChI is InChI=1S/C15H16FN3O2/c1-9-13(7-17-18-9)15(21)19-8-12(20)6-14(19)10-3-2-4-11(16)5-10/h2-5,7,12,14,20H,6,8H2,1H3,(H,17,18)/t12-,14-/m0/s1. The van der Waals surface area contributed by atoms with E-state index >= 15 is 0 Å². The highest BCUT2D eigenvalue weighted by molar-refractivity contribution is 5.95. The normalized spacial score (nSPS) is 21.8. The topological polar surface area (TPSA) is 69.2 Å². The van der Waals surface area contributed by atoms with Gasteiger partial charge in [0, 0.05) is 12.2 Å². The molecule has 0 radical (unpaired) electrons. The van der Waals surface area contributed by atoms with Crippen LogP contribution in [-0.2, 0) is 0 Å². The van der Waals surface area contributed by atoms with E-state index in [0.717, 1.165) is 0 Å². The molecule has 5 nitrogen and oxygen atoms in total. The molecule has 21 heavy (non-hydrogen) atoms. The van der Waals surface area contributed by atoms with Crippen LogP contribution in [0.4, 0.5) is 4.39 Å². The third-order valence-corrected chi connectivity index (χ3v) is 3.83. The first kappa shape index (κ1) is 13.8. The van der Waals surface area contributed by atoms with Gasteiger partial charge in [0.15, 0.2) is 0 Å². The molecular weight excluding hydrogens is 273 g/mol. The maximum Gasteiger partial charge on any atom is 0.257 e. The number of rotatable bonds is 2. The van der Waals surface area contributed by atoms with Gasteiger partial charge in [0.25, 0.3) is 5.91 Å². The Kier molecular flexibility index (Phi) is 3.47. The Bertz CT molecular complexity index is 670. The van der Waals surface area contributed by atoms with Gasteiger partial charge in [-0.15, -0.1) is 0 Å². The number of hydrogen-bond donors (Lipinski definition) is 2. The predicted molar refractivity (Wildman–Crippen MR) is 74.1 cm³/mol. The third kappa shape index (κ3) is 2.54. The van der Waals surface area contributed by atoms with Crippen molar-refractivity contribution in [2.45, 2.75) is 25.5 Å². The molecule has 2 heterocycles. The number of aryl methyl sites for hydroxylation is 1. The Hall–Kier alpha value is -2.21. The Morgan fingerprint density at radius 1 is 1.52 bits per heavy atom. The highest BCUT2D eigenvalue weighted by atomic mass is 19.1. The van der Waals surface area contributed by atoms with Gasteiger partial charge in [-0.05, 0) is 31.0 Å². The lowest BCUT2D eigenvalue weighted by atomic mass is 10.0. The number of hydrogen-bond acceptors (Lipinski definition) is 3. The van der Waals surface area contributed by atoms with E-state index < -0.39 is 6.10 Å². The minimum absolute atomic E-state index is 0.202. The minimum Gasteiger partial charge on any atom is -0.391 e. The van der Waals surface area contributed by atoms with Crippen LogP contribution < -0.4 is 0 Å². The molecule has 1 aliphatic heterocycles. The van der Waals surface area contributed by atoms with Crippen molar-refractivity contribution in [2.24, 2.45) is 0 Å². The second-order valence-corrected chi connectivity index (χ2v) is 5.33. The molecule has 3 rings (SSSR count). The third-order valence-electron chi connectivity index (χ3n) is 3.83. The highest BCUT2D eigenvalue weighted by Crippen LogP contribution is 2.33. The van der Waals surface area contributed by atoms with Crippen molar-refractivity contribution in [3.63, 3.8) is 0 Å². The molecule has 1 aliphatic rings. The minimum atomic E-state index is -0.602. The lowest BCUT2D eigenvalue weighted by Gasteiger charge is -2.24. The van der Waals surface area contributed by atoms with Crippen LogP contribution in [0.3, 0.4) is 0 Å². The van der Waals surface area contributed by atoms with Crippen molar-refractivity contribution in [1.82, 2.24) is 15.1 Å². The van der Waals surface area contributed by atoms with Crippen molar-refractivity contribution in [1.29, 1.82) is 0 Å². The molecule has 0 spiro atoms. The summed E-state index contributed by atoms with van der Waals surface area (Å²) in [7, 11) is 0. The van der Waals surface area contributed by atoms with Crippen LogP contribution in [0, 0.1) is 12.7 Å². The Morgan fingerprint density at radius 2 is 2.33 bits per heavy atom. The number of nitrogens with zero attached hydrogens (tertiary/aromatic N) is 2. The number of benzene rings is 1. The van der Waals surface area contributed by atoms with Crippen molar-refractivity contribution in [2.75, 3.05) is 6.54 Å². The van der Waals surface area contributed by atoms with E-state index in [2.05, 4.69) is 10.2 Å². The predicted octanol–water partition coefficient (Wildman–Crippen LogP) is 1.81. The van der Waals surface area contributed by atoms with Crippen molar-refractivity contribution in [3.05, 3.63) is 53.1 Å². The molecule has 0 saturated carbocycles. The van der Waals surface area contributed by atoms with Crippen LogP contribution in [-0.4, -0.2) is 38.8 Å². The average Bonchev–Trinajstić information content (AvgIpc) is 3.04.